The molecular formula is C20H22N4O3S. The fourth-order valence-corrected chi connectivity index (χ4v) is 3.96. The highest BCUT2D eigenvalue weighted by Gasteiger charge is 2.23. The van der Waals surface area contributed by atoms with E-state index in [1.54, 1.807) is 6.26 Å². The molecule has 1 fully saturated rings. The van der Waals surface area contributed by atoms with Gasteiger partial charge in [-0.3, -0.25) is 9.36 Å². The number of nitrogens with one attached hydrogen (secondary N) is 1. The molecular weight excluding hydrogens is 376 g/mol. The van der Waals surface area contributed by atoms with Gasteiger partial charge in [0.1, 0.15) is 5.76 Å². The maximum Gasteiger partial charge on any atom is 0.234 e. The standard InChI is InChI=1S/C20H22N4O3S/c1-14-17(9-11-26-14)19-22-23-20(24(19)12-16-8-5-10-27-16)28-13-18(25)21-15-6-3-2-4-7-15/h2-4,6-7,9,11,16H,5,8,10,12-13H2,1H3,(H,21,25). The van der Waals surface area contributed by atoms with E-state index < -0.39 is 0 Å². The molecule has 1 unspecified atom stereocenters. The Morgan fingerprint density at radius 2 is 2.14 bits per heavy atom. The summed E-state index contributed by atoms with van der Waals surface area (Å²) < 4.78 is 13.3. The van der Waals surface area contributed by atoms with E-state index in [2.05, 4.69) is 15.5 Å². The molecule has 4 rings (SSSR count). The van der Waals surface area contributed by atoms with Crippen LogP contribution < -0.4 is 5.32 Å². The minimum atomic E-state index is -0.0797. The van der Waals surface area contributed by atoms with E-state index in [0.29, 0.717) is 11.7 Å². The Hall–Kier alpha value is -2.58. The average molecular weight is 398 g/mol. The largest absolute Gasteiger partial charge is 0.469 e. The van der Waals surface area contributed by atoms with Crippen molar-refractivity contribution in [3.8, 4) is 11.4 Å². The third-order valence-corrected chi connectivity index (χ3v) is 5.58. The average Bonchev–Trinajstić information content (AvgIpc) is 3.43. The van der Waals surface area contributed by atoms with Crippen molar-refractivity contribution in [1.29, 1.82) is 0 Å². The summed E-state index contributed by atoms with van der Waals surface area (Å²) in [7, 11) is 0. The minimum Gasteiger partial charge on any atom is -0.469 e. The predicted molar refractivity (Wildman–Crippen MR) is 107 cm³/mol. The van der Waals surface area contributed by atoms with Crippen LogP contribution in [-0.2, 0) is 16.1 Å². The Kier molecular flexibility index (Phi) is 5.78. The van der Waals surface area contributed by atoms with Gasteiger partial charge in [-0.15, -0.1) is 10.2 Å². The number of benzene rings is 1. The molecule has 1 saturated heterocycles. The number of carbonyl (C=O) groups excluding carboxylic acids is 1. The van der Waals surface area contributed by atoms with Gasteiger partial charge in [0, 0.05) is 12.3 Å². The molecule has 0 radical (unpaired) electrons. The van der Waals surface area contributed by atoms with Crippen LogP contribution in [0.3, 0.4) is 0 Å². The maximum atomic E-state index is 12.3. The SMILES string of the molecule is Cc1occc1-c1nnc(SCC(=O)Nc2ccccc2)n1CC1CCCO1. The lowest BCUT2D eigenvalue weighted by molar-refractivity contribution is -0.113. The first-order chi connectivity index (χ1) is 13.7. The van der Waals surface area contributed by atoms with Crippen molar-refractivity contribution < 1.29 is 13.9 Å². The summed E-state index contributed by atoms with van der Waals surface area (Å²) in [5.74, 6) is 1.71. The normalized spacial score (nSPS) is 16.4. The van der Waals surface area contributed by atoms with Gasteiger partial charge in [0.15, 0.2) is 11.0 Å². The first-order valence-electron chi connectivity index (χ1n) is 9.27. The molecule has 1 aromatic carbocycles. The number of carbonyl (C=O) groups is 1. The molecule has 146 valence electrons. The van der Waals surface area contributed by atoms with Crippen molar-refractivity contribution >= 4 is 23.4 Å². The van der Waals surface area contributed by atoms with Gasteiger partial charge in [0.25, 0.3) is 0 Å². The fraction of sp³-hybridized carbons (Fsp3) is 0.350. The van der Waals surface area contributed by atoms with Crippen LogP contribution >= 0.6 is 11.8 Å². The second-order valence-corrected chi connectivity index (χ2v) is 7.59. The van der Waals surface area contributed by atoms with E-state index in [-0.39, 0.29) is 17.8 Å². The molecule has 28 heavy (non-hydrogen) atoms. The smallest absolute Gasteiger partial charge is 0.234 e. The van der Waals surface area contributed by atoms with Gasteiger partial charge in [-0.25, -0.2) is 0 Å². The molecule has 0 bridgehead atoms. The van der Waals surface area contributed by atoms with Crippen LogP contribution in [0.1, 0.15) is 18.6 Å². The summed E-state index contributed by atoms with van der Waals surface area (Å²) in [6, 6.07) is 11.3. The summed E-state index contributed by atoms with van der Waals surface area (Å²) in [5, 5.41) is 12.3. The maximum absolute atomic E-state index is 12.3. The molecule has 1 aliphatic rings. The Labute approximate surface area is 167 Å². The van der Waals surface area contributed by atoms with E-state index in [1.165, 1.54) is 11.8 Å². The van der Waals surface area contributed by atoms with Crippen LogP contribution in [0, 0.1) is 6.92 Å². The number of aromatic nitrogens is 3. The van der Waals surface area contributed by atoms with Gasteiger partial charge < -0.3 is 14.5 Å². The zero-order valence-corrected chi connectivity index (χ0v) is 16.4. The number of hydrogen-bond donors (Lipinski definition) is 1. The number of ether oxygens (including phenoxy) is 1. The first kappa shape index (κ1) is 18.8. The van der Waals surface area contributed by atoms with Crippen molar-refractivity contribution in [3.05, 3.63) is 48.4 Å². The Bertz CT molecular complexity index is 932. The number of nitrogens with zero attached hydrogens (tertiary/aromatic N) is 3. The molecule has 0 aliphatic carbocycles. The van der Waals surface area contributed by atoms with E-state index in [4.69, 9.17) is 9.15 Å². The fourth-order valence-electron chi connectivity index (χ4n) is 3.22. The number of anilines is 1. The second kappa shape index (κ2) is 8.62. The first-order valence-corrected chi connectivity index (χ1v) is 10.3. The van der Waals surface area contributed by atoms with Gasteiger partial charge in [0.05, 0.1) is 30.2 Å². The van der Waals surface area contributed by atoms with E-state index in [1.807, 2.05) is 47.9 Å². The Morgan fingerprint density at radius 3 is 2.86 bits per heavy atom. The number of thioether (sulfide) groups is 1. The van der Waals surface area contributed by atoms with Crippen LogP contribution in [0.25, 0.3) is 11.4 Å². The number of para-hydroxylation sites is 1. The van der Waals surface area contributed by atoms with Crippen molar-refractivity contribution in [3.63, 3.8) is 0 Å². The van der Waals surface area contributed by atoms with E-state index in [9.17, 15) is 4.79 Å². The van der Waals surface area contributed by atoms with Crippen molar-refractivity contribution in [2.24, 2.45) is 0 Å². The van der Waals surface area contributed by atoms with Crippen molar-refractivity contribution in [2.45, 2.75) is 37.6 Å². The van der Waals surface area contributed by atoms with Gasteiger partial charge in [-0.2, -0.15) is 0 Å². The van der Waals surface area contributed by atoms with Gasteiger partial charge in [0.2, 0.25) is 5.91 Å². The molecule has 3 aromatic rings. The molecule has 7 nitrogen and oxygen atoms in total. The number of aryl methyl sites for hydroxylation is 1. The number of hydrogen-bond acceptors (Lipinski definition) is 6. The lowest BCUT2D eigenvalue weighted by Crippen LogP contribution is -2.18. The van der Waals surface area contributed by atoms with Gasteiger partial charge in [-0.1, -0.05) is 30.0 Å². The highest BCUT2D eigenvalue weighted by atomic mass is 32.2. The zero-order chi connectivity index (χ0) is 19.3. The molecule has 3 heterocycles. The Morgan fingerprint density at radius 1 is 1.29 bits per heavy atom. The van der Waals surface area contributed by atoms with E-state index in [0.717, 1.165) is 42.3 Å². The van der Waals surface area contributed by atoms with Crippen LogP contribution in [0.4, 0.5) is 5.69 Å². The quantitative estimate of drug-likeness (QED) is 0.610. The number of furan rings is 1. The summed E-state index contributed by atoms with van der Waals surface area (Å²) >= 11 is 1.37. The zero-order valence-electron chi connectivity index (χ0n) is 15.6. The number of rotatable bonds is 7. The molecule has 0 saturated carbocycles. The van der Waals surface area contributed by atoms with Crippen LogP contribution in [0.15, 0.2) is 52.2 Å². The summed E-state index contributed by atoms with van der Waals surface area (Å²) in [6.07, 6.45) is 3.87. The molecule has 0 spiro atoms. The third kappa shape index (κ3) is 4.28. The monoisotopic (exact) mass is 398 g/mol. The number of amides is 1. The topological polar surface area (TPSA) is 82.2 Å². The van der Waals surface area contributed by atoms with Crippen LogP contribution in [-0.4, -0.2) is 39.1 Å². The molecule has 1 N–H and O–H groups in total. The van der Waals surface area contributed by atoms with Crippen molar-refractivity contribution in [1.82, 2.24) is 14.8 Å². The minimum absolute atomic E-state index is 0.0797. The van der Waals surface area contributed by atoms with E-state index >= 15 is 0 Å². The van der Waals surface area contributed by atoms with Crippen molar-refractivity contribution in [2.75, 3.05) is 17.7 Å². The van der Waals surface area contributed by atoms with Gasteiger partial charge in [-0.05, 0) is 38.0 Å². The van der Waals surface area contributed by atoms with Crippen LogP contribution in [0.2, 0.25) is 0 Å². The highest BCUT2D eigenvalue weighted by Crippen LogP contribution is 2.29. The molecule has 8 heteroatoms. The van der Waals surface area contributed by atoms with Gasteiger partial charge >= 0.3 is 0 Å². The second-order valence-electron chi connectivity index (χ2n) is 6.65. The molecule has 1 amide bonds. The molecule has 1 aliphatic heterocycles. The Balaban J connectivity index is 1.50. The predicted octanol–water partition coefficient (Wildman–Crippen LogP) is 3.76. The third-order valence-electron chi connectivity index (χ3n) is 4.62. The summed E-state index contributed by atoms with van der Waals surface area (Å²) in [4.78, 5) is 12.3. The lowest BCUT2D eigenvalue weighted by atomic mass is 10.2. The summed E-state index contributed by atoms with van der Waals surface area (Å²) in [6.45, 7) is 3.35. The molecule has 2 aromatic heterocycles. The molecule has 1 atom stereocenters. The summed E-state index contributed by atoms with van der Waals surface area (Å²) in [5.41, 5.74) is 1.69. The highest BCUT2D eigenvalue weighted by molar-refractivity contribution is 7.99. The van der Waals surface area contributed by atoms with Crippen LogP contribution in [0.5, 0.6) is 0 Å². The lowest BCUT2D eigenvalue weighted by Gasteiger charge is -2.14.